The lowest BCUT2D eigenvalue weighted by Crippen LogP contribution is -2.18. The second-order valence-electron chi connectivity index (χ2n) is 4.02. The number of rotatable bonds is 2. The molecule has 1 aliphatic heterocycles. The van der Waals surface area contributed by atoms with Gasteiger partial charge in [-0.05, 0) is 11.1 Å². The summed E-state index contributed by atoms with van der Waals surface area (Å²) < 4.78 is 0. The topological polar surface area (TPSA) is 36.8 Å². The Kier molecular flexibility index (Phi) is 2.68. The summed E-state index contributed by atoms with van der Waals surface area (Å²) in [5.74, 6) is 0. The van der Waals surface area contributed by atoms with Crippen LogP contribution in [-0.2, 0) is 0 Å². The Hall–Kier alpha value is -2.00. The van der Waals surface area contributed by atoms with Crippen LogP contribution >= 0.6 is 0 Å². The largest absolute Gasteiger partial charge is 0.263 e. The molecule has 2 aromatic carbocycles. The molecule has 0 saturated heterocycles. The van der Waals surface area contributed by atoms with Crippen LogP contribution in [0.5, 0.6) is 0 Å². The van der Waals surface area contributed by atoms with Crippen molar-refractivity contribution in [2.24, 2.45) is 10.2 Å². The molecule has 2 atom stereocenters. The minimum Gasteiger partial charge on any atom is -0.263 e. The fraction of sp³-hybridized carbons (Fsp3) is 0.143. The molecule has 3 heteroatoms. The van der Waals surface area contributed by atoms with Crippen molar-refractivity contribution in [3.8, 4) is 0 Å². The Morgan fingerprint density at radius 3 is 1.47 bits per heavy atom. The molecule has 0 aliphatic carbocycles. The third-order valence-electron chi connectivity index (χ3n) is 2.84. The Morgan fingerprint density at radius 2 is 1.06 bits per heavy atom. The van der Waals surface area contributed by atoms with Crippen LogP contribution in [-0.4, -0.2) is 0 Å². The maximum atomic E-state index is 4.28. The second-order valence-corrected chi connectivity index (χ2v) is 4.02. The van der Waals surface area contributed by atoms with Gasteiger partial charge in [0.25, 0.3) is 0 Å². The molecule has 1 heterocycles. The van der Waals surface area contributed by atoms with Crippen molar-refractivity contribution in [3.05, 3.63) is 71.8 Å². The molecule has 0 radical (unpaired) electrons. The quantitative estimate of drug-likeness (QED) is 0.831. The summed E-state index contributed by atoms with van der Waals surface area (Å²) in [6, 6.07) is 20.3. The molecule has 0 bridgehead atoms. The Balaban J connectivity index is 1.78. The predicted octanol–water partition coefficient (Wildman–Crippen LogP) is 3.44. The molecular formula is C14H13N3. The summed E-state index contributed by atoms with van der Waals surface area (Å²) in [5, 5.41) is 11.9. The number of azo groups is 1. The third-order valence-corrected chi connectivity index (χ3v) is 2.84. The third kappa shape index (κ3) is 2.10. The van der Waals surface area contributed by atoms with Gasteiger partial charge in [0.1, 0.15) is 12.3 Å². The van der Waals surface area contributed by atoms with E-state index in [4.69, 9.17) is 0 Å². The average molecular weight is 223 g/mol. The van der Waals surface area contributed by atoms with Crippen LogP contribution in [0.25, 0.3) is 0 Å². The highest BCUT2D eigenvalue weighted by Crippen LogP contribution is 2.28. The fourth-order valence-electron chi connectivity index (χ4n) is 1.95. The van der Waals surface area contributed by atoms with E-state index in [1.807, 2.05) is 36.4 Å². The highest BCUT2D eigenvalue weighted by atomic mass is 15.4. The monoisotopic (exact) mass is 223 g/mol. The molecule has 0 fully saturated rings. The van der Waals surface area contributed by atoms with Gasteiger partial charge in [-0.15, -0.1) is 0 Å². The SMILES string of the molecule is c1ccc(C2N=NC(c3ccccc3)N2)cc1. The van der Waals surface area contributed by atoms with Crippen molar-refractivity contribution in [2.75, 3.05) is 0 Å². The molecule has 17 heavy (non-hydrogen) atoms. The normalized spacial score (nSPS) is 22.8. The number of hydrogen-bond donors (Lipinski definition) is 1. The van der Waals surface area contributed by atoms with Gasteiger partial charge in [0.15, 0.2) is 0 Å². The van der Waals surface area contributed by atoms with Crippen molar-refractivity contribution in [3.63, 3.8) is 0 Å². The molecule has 0 amide bonds. The number of benzene rings is 2. The molecule has 2 unspecified atom stereocenters. The van der Waals surface area contributed by atoms with E-state index in [2.05, 4.69) is 39.8 Å². The fourth-order valence-corrected chi connectivity index (χ4v) is 1.95. The summed E-state index contributed by atoms with van der Waals surface area (Å²) in [6.07, 6.45) is -0.0530. The summed E-state index contributed by atoms with van der Waals surface area (Å²) >= 11 is 0. The first-order valence-corrected chi connectivity index (χ1v) is 5.69. The van der Waals surface area contributed by atoms with Crippen molar-refractivity contribution in [2.45, 2.75) is 12.3 Å². The Morgan fingerprint density at radius 1 is 0.647 bits per heavy atom. The van der Waals surface area contributed by atoms with Crippen molar-refractivity contribution < 1.29 is 0 Å². The molecule has 0 saturated carbocycles. The zero-order chi connectivity index (χ0) is 11.5. The lowest BCUT2D eigenvalue weighted by molar-refractivity contribution is 0.552. The van der Waals surface area contributed by atoms with Crippen LogP contribution < -0.4 is 5.32 Å². The molecule has 84 valence electrons. The van der Waals surface area contributed by atoms with Crippen molar-refractivity contribution in [1.82, 2.24) is 5.32 Å². The zero-order valence-corrected chi connectivity index (χ0v) is 9.32. The number of hydrogen-bond acceptors (Lipinski definition) is 3. The standard InChI is InChI=1S/C14H13N3/c1-3-7-11(8-4-1)13-15-14(17-16-13)12-9-5-2-6-10-12/h1-10,13-15H. The zero-order valence-electron chi connectivity index (χ0n) is 9.32. The first-order valence-electron chi connectivity index (χ1n) is 5.69. The molecule has 1 N–H and O–H groups in total. The average Bonchev–Trinajstić information content (AvgIpc) is 2.90. The highest BCUT2D eigenvalue weighted by molar-refractivity contribution is 5.23. The van der Waals surface area contributed by atoms with Gasteiger partial charge in [-0.3, -0.25) is 5.32 Å². The van der Waals surface area contributed by atoms with E-state index in [0.717, 1.165) is 11.1 Å². The van der Waals surface area contributed by atoms with E-state index in [1.54, 1.807) is 0 Å². The van der Waals surface area contributed by atoms with E-state index >= 15 is 0 Å². The maximum absolute atomic E-state index is 4.28. The minimum absolute atomic E-state index is 0.0265. The van der Waals surface area contributed by atoms with Gasteiger partial charge in [0.2, 0.25) is 0 Å². The molecule has 0 spiro atoms. The Bertz CT molecular complexity index is 460. The minimum atomic E-state index is -0.0265. The van der Waals surface area contributed by atoms with E-state index in [-0.39, 0.29) is 12.3 Å². The van der Waals surface area contributed by atoms with E-state index in [9.17, 15) is 0 Å². The second kappa shape index (κ2) is 4.47. The summed E-state index contributed by atoms with van der Waals surface area (Å²) in [6.45, 7) is 0. The van der Waals surface area contributed by atoms with Gasteiger partial charge in [0, 0.05) is 0 Å². The molecule has 1 aliphatic rings. The summed E-state index contributed by atoms with van der Waals surface area (Å²) in [5.41, 5.74) is 2.30. The van der Waals surface area contributed by atoms with Gasteiger partial charge >= 0.3 is 0 Å². The number of nitrogens with zero attached hydrogens (tertiary/aromatic N) is 2. The van der Waals surface area contributed by atoms with Crippen molar-refractivity contribution >= 4 is 0 Å². The van der Waals surface area contributed by atoms with E-state index in [0.29, 0.717) is 0 Å². The first kappa shape index (κ1) is 10.2. The van der Waals surface area contributed by atoms with Gasteiger partial charge in [-0.2, -0.15) is 10.2 Å². The molecule has 2 aromatic rings. The smallest absolute Gasteiger partial charge is 0.148 e. The highest BCUT2D eigenvalue weighted by Gasteiger charge is 2.22. The van der Waals surface area contributed by atoms with Crippen LogP contribution in [0, 0.1) is 0 Å². The summed E-state index contributed by atoms with van der Waals surface area (Å²) in [7, 11) is 0. The first-order chi connectivity index (χ1) is 8.43. The van der Waals surface area contributed by atoms with Crippen LogP contribution in [0.4, 0.5) is 0 Å². The number of nitrogens with one attached hydrogen (secondary N) is 1. The van der Waals surface area contributed by atoms with Crippen LogP contribution in [0.1, 0.15) is 23.5 Å². The van der Waals surface area contributed by atoms with Gasteiger partial charge in [-0.25, -0.2) is 0 Å². The lowest BCUT2D eigenvalue weighted by atomic mass is 10.1. The maximum Gasteiger partial charge on any atom is 0.148 e. The van der Waals surface area contributed by atoms with Crippen LogP contribution in [0.15, 0.2) is 70.9 Å². The molecule has 3 nitrogen and oxygen atoms in total. The molecule has 0 aromatic heterocycles. The van der Waals surface area contributed by atoms with E-state index in [1.165, 1.54) is 0 Å². The van der Waals surface area contributed by atoms with Crippen LogP contribution in [0.3, 0.4) is 0 Å². The van der Waals surface area contributed by atoms with Crippen molar-refractivity contribution in [1.29, 1.82) is 0 Å². The Labute approximate surface area is 100 Å². The molecular weight excluding hydrogens is 210 g/mol. The van der Waals surface area contributed by atoms with Gasteiger partial charge in [0.05, 0.1) is 0 Å². The van der Waals surface area contributed by atoms with Gasteiger partial charge < -0.3 is 0 Å². The lowest BCUT2D eigenvalue weighted by Gasteiger charge is -2.11. The van der Waals surface area contributed by atoms with E-state index < -0.39 is 0 Å². The van der Waals surface area contributed by atoms with Gasteiger partial charge in [-0.1, -0.05) is 60.7 Å². The van der Waals surface area contributed by atoms with Crippen LogP contribution in [0.2, 0.25) is 0 Å². The predicted molar refractivity (Wildman–Crippen MR) is 66.4 cm³/mol. The molecule has 3 rings (SSSR count). The summed E-state index contributed by atoms with van der Waals surface area (Å²) in [4.78, 5) is 0.